The minimum absolute atomic E-state index is 0. The van der Waals surface area contributed by atoms with Crippen molar-refractivity contribution >= 4 is 18.1 Å². The van der Waals surface area contributed by atoms with Crippen LogP contribution in [0.5, 0.6) is 0 Å². The van der Waals surface area contributed by atoms with Crippen LogP contribution in [0.25, 0.3) is 0 Å². The third-order valence-corrected chi connectivity index (χ3v) is 2.72. The maximum absolute atomic E-state index is 2.50. The van der Waals surface area contributed by atoms with Crippen LogP contribution in [0.15, 0.2) is 24.3 Å². The summed E-state index contributed by atoms with van der Waals surface area (Å²) in [6.07, 6.45) is 4.12. The number of piperidine rings is 1. The molecular formula is C12H18ClN. The van der Waals surface area contributed by atoms with Crippen LogP contribution in [-0.4, -0.2) is 13.1 Å². The molecule has 0 bridgehead atoms. The van der Waals surface area contributed by atoms with E-state index in [-0.39, 0.29) is 12.4 Å². The number of hydrogen-bond acceptors (Lipinski definition) is 1. The third-order valence-electron chi connectivity index (χ3n) is 2.72. The Hall–Kier alpha value is -0.690. The van der Waals surface area contributed by atoms with Crippen LogP contribution in [0.4, 0.5) is 5.69 Å². The molecule has 0 saturated carbocycles. The van der Waals surface area contributed by atoms with Gasteiger partial charge in [-0.1, -0.05) is 12.1 Å². The van der Waals surface area contributed by atoms with E-state index < -0.39 is 0 Å². The van der Waals surface area contributed by atoms with E-state index in [4.69, 9.17) is 0 Å². The average Bonchev–Trinajstić information content (AvgIpc) is 2.19. The first-order chi connectivity index (χ1) is 6.36. The van der Waals surface area contributed by atoms with E-state index in [1.165, 1.54) is 43.6 Å². The summed E-state index contributed by atoms with van der Waals surface area (Å²) in [5, 5.41) is 0. The molecule has 1 aliphatic heterocycles. The lowest BCUT2D eigenvalue weighted by molar-refractivity contribution is 0.578. The summed E-state index contributed by atoms with van der Waals surface area (Å²) in [5.41, 5.74) is 2.77. The highest BCUT2D eigenvalue weighted by Gasteiger charge is 2.09. The Morgan fingerprint density at radius 1 is 1.07 bits per heavy atom. The second-order valence-electron chi connectivity index (χ2n) is 3.89. The van der Waals surface area contributed by atoms with E-state index in [1.807, 2.05) is 0 Å². The van der Waals surface area contributed by atoms with Crippen molar-refractivity contribution in [2.24, 2.45) is 0 Å². The van der Waals surface area contributed by atoms with Gasteiger partial charge < -0.3 is 4.90 Å². The Bertz CT molecular complexity index is 279. The first-order valence-electron chi connectivity index (χ1n) is 5.18. The zero-order chi connectivity index (χ0) is 9.10. The summed E-state index contributed by atoms with van der Waals surface area (Å²) in [6, 6.07) is 8.82. The molecule has 1 aliphatic rings. The SMILES string of the molecule is Cc1cccc(N2CCCCC2)c1.Cl. The summed E-state index contributed by atoms with van der Waals surface area (Å²) in [4.78, 5) is 2.50. The molecule has 0 atom stereocenters. The number of anilines is 1. The van der Waals surface area contributed by atoms with Gasteiger partial charge in [0.2, 0.25) is 0 Å². The Kier molecular flexibility index (Phi) is 4.27. The van der Waals surface area contributed by atoms with Crippen LogP contribution in [0, 0.1) is 6.92 Å². The molecule has 0 aliphatic carbocycles. The first-order valence-corrected chi connectivity index (χ1v) is 5.18. The van der Waals surface area contributed by atoms with Crippen molar-refractivity contribution in [2.75, 3.05) is 18.0 Å². The fraction of sp³-hybridized carbons (Fsp3) is 0.500. The van der Waals surface area contributed by atoms with E-state index in [1.54, 1.807) is 0 Å². The van der Waals surface area contributed by atoms with Gasteiger partial charge in [0, 0.05) is 18.8 Å². The van der Waals surface area contributed by atoms with Crippen molar-refractivity contribution in [3.63, 3.8) is 0 Å². The van der Waals surface area contributed by atoms with Crippen molar-refractivity contribution in [2.45, 2.75) is 26.2 Å². The molecule has 78 valence electrons. The summed E-state index contributed by atoms with van der Waals surface area (Å²) in [5.74, 6) is 0. The average molecular weight is 212 g/mol. The van der Waals surface area contributed by atoms with Crippen molar-refractivity contribution < 1.29 is 0 Å². The minimum atomic E-state index is 0. The van der Waals surface area contributed by atoms with Gasteiger partial charge in [-0.2, -0.15) is 0 Å². The van der Waals surface area contributed by atoms with Gasteiger partial charge in [-0.3, -0.25) is 0 Å². The first kappa shape index (κ1) is 11.4. The van der Waals surface area contributed by atoms with Crippen LogP contribution in [0.1, 0.15) is 24.8 Å². The quantitative estimate of drug-likeness (QED) is 0.688. The molecule has 0 N–H and O–H groups in total. The van der Waals surface area contributed by atoms with Gasteiger partial charge >= 0.3 is 0 Å². The van der Waals surface area contributed by atoms with E-state index in [9.17, 15) is 0 Å². The van der Waals surface area contributed by atoms with Crippen molar-refractivity contribution in [3.8, 4) is 0 Å². The van der Waals surface area contributed by atoms with Crippen LogP contribution in [-0.2, 0) is 0 Å². The Morgan fingerprint density at radius 3 is 2.43 bits per heavy atom. The summed E-state index contributed by atoms with van der Waals surface area (Å²) in [7, 11) is 0. The van der Waals surface area contributed by atoms with Gasteiger partial charge in [0.15, 0.2) is 0 Å². The fourth-order valence-corrected chi connectivity index (χ4v) is 1.98. The monoisotopic (exact) mass is 211 g/mol. The molecule has 0 amide bonds. The van der Waals surface area contributed by atoms with Crippen LogP contribution < -0.4 is 4.90 Å². The molecule has 2 rings (SSSR count). The predicted octanol–water partition coefficient (Wildman–Crippen LogP) is 3.41. The molecule has 1 fully saturated rings. The van der Waals surface area contributed by atoms with Crippen molar-refractivity contribution in [1.82, 2.24) is 0 Å². The van der Waals surface area contributed by atoms with Crippen LogP contribution >= 0.6 is 12.4 Å². The molecule has 1 nitrogen and oxygen atoms in total. The van der Waals surface area contributed by atoms with Gasteiger partial charge in [-0.25, -0.2) is 0 Å². The Balaban J connectivity index is 0.000000980. The maximum atomic E-state index is 2.50. The molecule has 1 heterocycles. The summed E-state index contributed by atoms with van der Waals surface area (Å²) in [6.45, 7) is 4.64. The number of rotatable bonds is 1. The molecule has 1 saturated heterocycles. The Labute approximate surface area is 92.5 Å². The topological polar surface area (TPSA) is 3.24 Å². The van der Waals surface area contributed by atoms with E-state index in [0.717, 1.165) is 0 Å². The second kappa shape index (κ2) is 5.26. The smallest absolute Gasteiger partial charge is 0.0368 e. The number of aryl methyl sites for hydroxylation is 1. The van der Waals surface area contributed by atoms with Crippen LogP contribution in [0.2, 0.25) is 0 Å². The molecule has 0 spiro atoms. The number of nitrogens with zero attached hydrogens (tertiary/aromatic N) is 1. The largest absolute Gasteiger partial charge is 0.372 e. The summed E-state index contributed by atoms with van der Waals surface area (Å²) < 4.78 is 0. The zero-order valence-corrected chi connectivity index (χ0v) is 9.52. The highest BCUT2D eigenvalue weighted by molar-refractivity contribution is 5.85. The highest BCUT2D eigenvalue weighted by atomic mass is 35.5. The molecule has 1 aromatic carbocycles. The van der Waals surface area contributed by atoms with E-state index >= 15 is 0 Å². The Morgan fingerprint density at radius 2 is 1.79 bits per heavy atom. The lowest BCUT2D eigenvalue weighted by Crippen LogP contribution is -2.29. The number of hydrogen-bond donors (Lipinski definition) is 0. The minimum Gasteiger partial charge on any atom is -0.372 e. The molecule has 0 unspecified atom stereocenters. The molecule has 1 aromatic rings. The lowest BCUT2D eigenvalue weighted by Gasteiger charge is -2.28. The second-order valence-corrected chi connectivity index (χ2v) is 3.89. The van der Waals surface area contributed by atoms with E-state index in [0.29, 0.717) is 0 Å². The zero-order valence-electron chi connectivity index (χ0n) is 8.70. The molecule has 0 radical (unpaired) electrons. The molecule has 14 heavy (non-hydrogen) atoms. The standard InChI is InChI=1S/C12H17N.ClH/c1-11-6-5-7-12(10-11)13-8-3-2-4-9-13;/h5-7,10H,2-4,8-9H2,1H3;1H. The number of halogens is 1. The highest BCUT2D eigenvalue weighted by Crippen LogP contribution is 2.20. The molecule has 0 aromatic heterocycles. The van der Waals surface area contributed by atoms with Crippen molar-refractivity contribution in [1.29, 1.82) is 0 Å². The normalized spacial score (nSPS) is 16.2. The van der Waals surface area contributed by atoms with Gasteiger partial charge in [0.25, 0.3) is 0 Å². The molecular weight excluding hydrogens is 194 g/mol. The van der Waals surface area contributed by atoms with Gasteiger partial charge in [-0.05, 0) is 43.9 Å². The predicted molar refractivity (Wildman–Crippen MR) is 64.5 cm³/mol. The van der Waals surface area contributed by atoms with Crippen LogP contribution in [0.3, 0.4) is 0 Å². The van der Waals surface area contributed by atoms with Gasteiger partial charge in [0.1, 0.15) is 0 Å². The van der Waals surface area contributed by atoms with Gasteiger partial charge in [0.05, 0.1) is 0 Å². The lowest BCUT2D eigenvalue weighted by atomic mass is 10.1. The third kappa shape index (κ3) is 2.65. The molecule has 2 heteroatoms. The number of benzene rings is 1. The van der Waals surface area contributed by atoms with Gasteiger partial charge in [-0.15, -0.1) is 12.4 Å². The van der Waals surface area contributed by atoms with E-state index in [2.05, 4.69) is 36.1 Å². The summed E-state index contributed by atoms with van der Waals surface area (Å²) >= 11 is 0. The maximum Gasteiger partial charge on any atom is 0.0368 e. The fourth-order valence-electron chi connectivity index (χ4n) is 1.98. The van der Waals surface area contributed by atoms with Crippen molar-refractivity contribution in [3.05, 3.63) is 29.8 Å².